The molecule has 0 atom stereocenters. The van der Waals surface area contributed by atoms with Crippen molar-refractivity contribution in [1.82, 2.24) is 0 Å². The van der Waals surface area contributed by atoms with Crippen LogP contribution in [-0.2, 0) is 4.79 Å². The highest BCUT2D eigenvalue weighted by Crippen LogP contribution is 2.16. The van der Waals surface area contributed by atoms with Gasteiger partial charge in [0.1, 0.15) is 0 Å². The SMILES string of the molecule is Cc1cc(C(N)=O)ccc1NC(=O)C(F)F. The number of carbonyl (C=O) groups is 2. The molecule has 1 aromatic carbocycles. The number of amides is 2. The number of benzene rings is 1. The van der Waals surface area contributed by atoms with E-state index in [-0.39, 0.29) is 11.3 Å². The molecule has 2 amide bonds. The molecule has 1 rings (SSSR count). The van der Waals surface area contributed by atoms with E-state index >= 15 is 0 Å². The lowest BCUT2D eigenvalue weighted by Crippen LogP contribution is -2.21. The second-order valence-corrected chi connectivity index (χ2v) is 3.18. The number of alkyl halides is 2. The number of primary amides is 1. The van der Waals surface area contributed by atoms with Gasteiger partial charge < -0.3 is 11.1 Å². The Morgan fingerprint density at radius 1 is 1.38 bits per heavy atom. The zero-order valence-corrected chi connectivity index (χ0v) is 8.46. The fourth-order valence-corrected chi connectivity index (χ4v) is 1.14. The van der Waals surface area contributed by atoms with Crippen LogP contribution in [0.3, 0.4) is 0 Å². The minimum Gasteiger partial charge on any atom is -0.366 e. The third-order valence-electron chi connectivity index (χ3n) is 1.97. The molecule has 0 aliphatic rings. The largest absolute Gasteiger partial charge is 0.366 e. The number of nitrogens with one attached hydrogen (secondary N) is 1. The Balaban J connectivity index is 2.91. The first kappa shape index (κ1) is 12.1. The van der Waals surface area contributed by atoms with Crippen LogP contribution in [-0.4, -0.2) is 18.2 Å². The van der Waals surface area contributed by atoms with Gasteiger partial charge in [-0.1, -0.05) is 0 Å². The second-order valence-electron chi connectivity index (χ2n) is 3.18. The molecule has 4 nitrogen and oxygen atoms in total. The Morgan fingerprint density at radius 3 is 2.44 bits per heavy atom. The molecule has 3 N–H and O–H groups in total. The van der Waals surface area contributed by atoms with Gasteiger partial charge in [0.15, 0.2) is 0 Å². The van der Waals surface area contributed by atoms with Gasteiger partial charge in [-0.2, -0.15) is 8.78 Å². The summed E-state index contributed by atoms with van der Waals surface area (Å²) in [5, 5.41) is 2.03. The molecule has 86 valence electrons. The van der Waals surface area contributed by atoms with Crippen LogP contribution in [0.5, 0.6) is 0 Å². The first-order valence-electron chi connectivity index (χ1n) is 4.41. The first-order valence-corrected chi connectivity index (χ1v) is 4.41. The molecule has 0 heterocycles. The van der Waals surface area contributed by atoms with E-state index in [0.29, 0.717) is 5.56 Å². The average molecular weight is 228 g/mol. The number of aryl methyl sites for hydroxylation is 1. The molecule has 0 aromatic heterocycles. The molecule has 0 unspecified atom stereocenters. The third-order valence-corrected chi connectivity index (χ3v) is 1.97. The summed E-state index contributed by atoms with van der Waals surface area (Å²) >= 11 is 0. The van der Waals surface area contributed by atoms with Gasteiger partial charge in [-0.15, -0.1) is 0 Å². The van der Waals surface area contributed by atoms with Gasteiger partial charge in [0, 0.05) is 11.3 Å². The zero-order valence-electron chi connectivity index (χ0n) is 8.46. The topological polar surface area (TPSA) is 72.2 Å². The zero-order chi connectivity index (χ0) is 12.3. The Morgan fingerprint density at radius 2 is 2.00 bits per heavy atom. The van der Waals surface area contributed by atoms with E-state index in [1.807, 2.05) is 5.32 Å². The number of rotatable bonds is 3. The number of carbonyl (C=O) groups excluding carboxylic acids is 2. The number of hydrogen-bond donors (Lipinski definition) is 2. The van der Waals surface area contributed by atoms with E-state index in [0.717, 1.165) is 0 Å². The summed E-state index contributed by atoms with van der Waals surface area (Å²) in [6.45, 7) is 1.58. The summed E-state index contributed by atoms with van der Waals surface area (Å²) < 4.78 is 23.9. The van der Waals surface area contributed by atoms with Crippen molar-refractivity contribution in [1.29, 1.82) is 0 Å². The Labute approximate surface area is 90.4 Å². The molecule has 1 aromatic rings. The maximum atomic E-state index is 12.0. The van der Waals surface area contributed by atoms with Gasteiger partial charge in [-0.25, -0.2) is 0 Å². The fourth-order valence-electron chi connectivity index (χ4n) is 1.14. The van der Waals surface area contributed by atoms with Gasteiger partial charge in [-0.05, 0) is 30.7 Å². The van der Waals surface area contributed by atoms with Crippen LogP contribution in [0, 0.1) is 6.92 Å². The minimum atomic E-state index is -3.07. The van der Waals surface area contributed by atoms with Crippen molar-refractivity contribution in [3.05, 3.63) is 29.3 Å². The van der Waals surface area contributed by atoms with Crippen LogP contribution in [0.4, 0.5) is 14.5 Å². The Kier molecular flexibility index (Phi) is 3.55. The maximum Gasteiger partial charge on any atom is 0.315 e. The lowest BCUT2D eigenvalue weighted by atomic mass is 10.1. The van der Waals surface area contributed by atoms with E-state index in [4.69, 9.17) is 5.73 Å². The standard InChI is InChI=1S/C10H10F2N2O2/c1-5-4-6(9(13)15)2-3-7(5)14-10(16)8(11)12/h2-4,8H,1H3,(H2,13,15)(H,14,16). The molecular weight excluding hydrogens is 218 g/mol. The lowest BCUT2D eigenvalue weighted by molar-refractivity contribution is -0.126. The van der Waals surface area contributed by atoms with Crippen molar-refractivity contribution in [3.8, 4) is 0 Å². The Hall–Kier alpha value is -1.98. The van der Waals surface area contributed by atoms with Crippen LogP contribution in [0.25, 0.3) is 0 Å². The summed E-state index contributed by atoms with van der Waals surface area (Å²) in [4.78, 5) is 21.5. The molecule has 0 saturated heterocycles. The van der Waals surface area contributed by atoms with Gasteiger partial charge in [0.2, 0.25) is 5.91 Å². The van der Waals surface area contributed by atoms with Gasteiger partial charge in [0.05, 0.1) is 0 Å². The van der Waals surface area contributed by atoms with E-state index in [9.17, 15) is 18.4 Å². The van der Waals surface area contributed by atoms with Crippen molar-refractivity contribution in [2.45, 2.75) is 13.3 Å². The molecule has 0 radical (unpaired) electrons. The monoisotopic (exact) mass is 228 g/mol. The van der Waals surface area contributed by atoms with Crippen molar-refractivity contribution in [3.63, 3.8) is 0 Å². The van der Waals surface area contributed by atoms with Crippen molar-refractivity contribution < 1.29 is 18.4 Å². The summed E-state index contributed by atoms with van der Waals surface area (Å²) in [7, 11) is 0. The molecule has 0 aliphatic heterocycles. The van der Waals surface area contributed by atoms with E-state index in [1.54, 1.807) is 6.92 Å². The van der Waals surface area contributed by atoms with Crippen LogP contribution in [0.15, 0.2) is 18.2 Å². The highest BCUT2D eigenvalue weighted by atomic mass is 19.3. The van der Waals surface area contributed by atoms with Crippen molar-refractivity contribution in [2.24, 2.45) is 5.73 Å². The molecule has 0 fully saturated rings. The summed E-state index contributed by atoms with van der Waals surface area (Å²) in [6.07, 6.45) is -3.07. The van der Waals surface area contributed by atoms with Crippen molar-refractivity contribution >= 4 is 17.5 Å². The quantitative estimate of drug-likeness (QED) is 0.818. The smallest absolute Gasteiger partial charge is 0.315 e. The van der Waals surface area contributed by atoms with Crippen LogP contribution in [0.2, 0.25) is 0 Å². The number of halogens is 2. The highest BCUT2D eigenvalue weighted by molar-refractivity contribution is 5.96. The lowest BCUT2D eigenvalue weighted by Gasteiger charge is -2.08. The van der Waals surface area contributed by atoms with Crippen LogP contribution >= 0.6 is 0 Å². The van der Waals surface area contributed by atoms with Gasteiger partial charge in [0.25, 0.3) is 5.91 Å². The number of anilines is 1. The summed E-state index contributed by atoms with van der Waals surface area (Å²) in [5.41, 5.74) is 6.02. The minimum absolute atomic E-state index is 0.232. The molecule has 0 spiro atoms. The normalized spacial score (nSPS) is 10.2. The fraction of sp³-hybridized carbons (Fsp3) is 0.200. The molecular formula is C10H10F2N2O2. The molecule has 0 bridgehead atoms. The number of nitrogens with two attached hydrogens (primary N) is 1. The van der Waals surface area contributed by atoms with E-state index in [1.165, 1.54) is 18.2 Å². The third kappa shape index (κ3) is 2.75. The van der Waals surface area contributed by atoms with Gasteiger partial charge >= 0.3 is 6.43 Å². The first-order chi connectivity index (χ1) is 7.41. The second kappa shape index (κ2) is 4.69. The van der Waals surface area contributed by atoms with Gasteiger partial charge in [-0.3, -0.25) is 9.59 Å². The summed E-state index contributed by atoms with van der Waals surface area (Å²) in [5.74, 6) is -2.00. The molecule has 16 heavy (non-hydrogen) atoms. The van der Waals surface area contributed by atoms with E-state index in [2.05, 4.69) is 0 Å². The van der Waals surface area contributed by atoms with Crippen molar-refractivity contribution in [2.75, 3.05) is 5.32 Å². The molecule has 6 heteroatoms. The highest BCUT2D eigenvalue weighted by Gasteiger charge is 2.16. The van der Waals surface area contributed by atoms with Crippen LogP contribution < -0.4 is 11.1 Å². The van der Waals surface area contributed by atoms with Crippen LogP contribution in [0.1, 0.15) is 15.9 Å². The average Bonchev–Trinajstić information content (AvgIpc) is 2.20. The number of hydrogen-bond acceptors (Lipinski definition) is 2. The predicted molar refractivity (Wildman–Crippen MR) is 54.3 cm³/mol. The van der Waals surface area contributed by atoms with E-state index < -0.39 is 18.2 Å². The predicted octanol–water partition coefficient (Wildman–Crippen LogP) is 1.30. The molecule has 0 saturated carbocycles. The Bertz CT molecular complexity index is 433. The molecule has 0 aliphatic carbocycles. The summed E-state index contributed by atoms with van der Waals surface area (Å²) in [6, 6.07) is 4.13. The maximum absolute atomic E-state index is 12.0.